The summed E-state index contributed by atoms with van der Waals surface area (Å²) in [5.41, 5.74) is 6.58. The van der Waals surface area contributed by atoms with Crippen LogP contribution in [0.5, 0.6) is 0 Å². The highest BCUT2D eigenvalue weighted by Gasteiger charge is 2.18. The number of nitrogens with one attached hydrogen (secondary N) is 2. The summed E-state index contributed by atoms with van der Waals surface area (Å²) in [5.74, 6) is -0.330. The molecule has 0 fully saturated rings. The van der Waals surface area contributed by atoms with Gasteiger partial charge in [0.15, 0.2) is 0 Å². The Bertz CT molecular complexity index is 201. The molecule has 0 aliphatic rings. The first kappa shape index (κ1) is 13.2. The Balaban J connectivity index is 4.09. The number of carbonyl (C=O) groups excluding carboxylic acids is 2. The topological polar surface area (TPSA) is 104 Å². The van der Waals surface area contributed by atoms with Crippen LogP contribution in [0.3, 0.4) is 0 Å². The van der Waals surface area contributed by atoms with Crippen LogP contribution in [0.25, 0.3) is 0 Å². The highest BCUT2D eigenvalue weighted by Crippen LogP contribution is 2.00. The van der Waals surface area contributed by atoms with Crippen molar-refractivity contribution in [3.05, 3.63) is 0 Å². The molecular formula is C7H15N3O3S. The summed E-state index contributed by atoms with van der Waals surface area (Å²) < 4.78 is 0. The van der Waals surface area contributed by atoms with Crippen LogP contribution in [0.4, 0.5) is 0 Å². The minimum absolute atomic E-state index is 0.172. The van der Waals surface area contributed by atoms with Crippen molar-refractivity contribution in [1.29, 1.82) is 0 Å². The number of nitrogens with two attached hydrogens (primary N) is 1. The van der Waals surface area contributed by atoms with Crippen molar-refractivity contribution < 1.29 is 14.8 Å². The van der Waals surface area contributed by atoms with E-state index in [-0.39, 0.29) is 6.54 Å². The second-order valence-electron chi connectivity index (χ2n) is 2.58. The molecule has 1 unspecified atom stereocenters. The molecule has 0 rings (SSSR count). The lowest BCUT2D eigenvalue weighted by atomic mass is 10.2. The predicted molar refractivity (Wildman–Crippen MR) is 53.9 cm³/mol. The van der Waals surface area contributed by atoms with E-state index in [2.05, 4.69) is 5.32 Å². The molecule has 82 valence electrons. The molecule has 0 bridgehead atoms. The molecule has 0 aromatic heterocycles. The van der Waals surface area contributed by atoms with E-state index >= 15 is 0 Å². The van der Waals surface area contributed by atoms with Gasteiger partial charge >= 0.3 is 0 Å². The fourth-order valence-electron chi connectivity index (χ4n) is 0.836. The van der Waals surface area contributed by atoms with E-state index in [9.17, 15) is 9.59 Å². The molecule has 0 aromatic rings. The Kier molecular flexibility index (Phi) is 7.17. The van der Waals surface area contributed by atoms with Crippen LogP contribution in [0, 0.1) is 0 Å². The van der Waals surface area contributed by atoms with Crippen LogP contribution in [0.15, 0.2) is 0 Å². The molecule has 0 aliphatic carbocycles. The molecular weight excluding hydrogens is 206 g/mol. The average molecular weight is 221 g/mol. The Morgan fingerprint density at radius 3 is 2.64 bits per heavy atom. The van der Waals surface area contributed by atoms with E-state index in [1.165, 1.54) is 5.48 Å². The minimum Gasteiger partial charge on any atom is -0.343 e. The molecule has 0 radical (unpaired) electrons. The third kappa shape index (κ3) is 5.05. The summed E-state index contributed by atoms with van der Waals surface area (Å²) in [6, 6.07) is -0.719. The van der Waals surface area contributed by atoms with E-state index in [1.54, 1.807) is 11.8 Å². The van der Waals surface area contributed by atoms with Crippen molar-refractivity contribution in [2.75, 3.05) is 18.6 Å². The zero-order valence-electron chi connectivity index (χ0n) is 7.95. The number of hydrogen-bond acceptors (Lipinski definition) is 5. The van der Waals surface area contributed by atoms with Gasteiger partial charge < -0.3 is 11.1 Å². The Morgan fingerprint density at radius 1 is 1.57 bits per heavy atom. The van der Waals surface area contributed by atoms with Gasteiger partial charge in [0.2, 0.25) is 5.91 Å². The zero-order valence-corrected chi connectivity index (χ0v) is 8.76. The zero-order chi connectivity index (χ0) is 11.0. The normalized spacial score (nSPS) is 11.9. The van der Waals surface area contributed by atoms with Gasteiger partial charge in [-0.1, -0.05) is 0 Å². The standard InChI is InChI=1S/C7H15N3O3S/c1-14-3-2-5(7(12)10-13)9-6(11)4-8/h5,13H,2-4,8H2,1H3,(H,9,11)(H,10,12). The summed E-state index contributed by atoms with van der Waals surface area (Å²) in [4.78, 5) is 21.9. The fraction of sp³-hybridized carbons (Fsp3) is 0.714. The van der Waals surface area contributed by atoms with E-state index in [4.69, 9.17) is 10.9 Å². The van der Waals surface area contributed by atoms with Gasteiger partial charge in [0, 0.05) is 0 Å². The molecule has 1 atom stereocenters. The van der Waals surface area contributed by atoms with E-state index in [0.717, 1.165) is 0 Å². The summed E-state index contributed by atoms with van der Waals surface area (Å²) >= 11 is 1.55. The van der Waals surface area contributed by atoms with E-state index in [0.29, 0.717) is 12.2 Å². The van der Waals surface area contributed by atoms with Gasteiger partial charge in [-0.3, -0.25) is 14.8 Å². The largest absolute Gasteiger partial charge is 0.343 e. The van der Waals surface area contributed by atoms with Gasteiger partial charge in [-0.2, -0.15) is 11.8 Å². The Morgan fingerprint density at radius 2 is 2.21 bits per heavy atom. The molecule has 0 saturated heterocycles. The van der Waals surface area contributed by atoms with Crippen molar-refractivity contribution in [1.82, 2.24) is 10.8 Å². The quantitative estimate of drug-likeness (QED) is 0.329. The number of hydroxylamine groups is 1. The Hall–Kier alpha value is -0.790. The van der Waals surface area contributed by atoms with E-state index < -0.39 is 17.9 Å². The van der Waals surface area contributed by atoms with Crippen molar-refractivity contribution >= 4 is 23.6 Å². The minimum atomic E-state index is -0.719. The van der Waals surface area contributed by atoms with Gasteiger partial charge in [0.25, 0.3) is 5.91 Å². The number of rotatable bonds is 6. The van der Waals surface area contributed by atoms with Crippen molar-refractivity contribution in [2.45, 2.75) is 12.5 Å². The van der Waals surface area contributed by atoms with Crippen molar-refractivity contribution in [2.24, 2.45) is 5.73 Å². The highest BCUT2D eigenvalue weighted by atomic mass is 32.2. The number of thioether (sulfide) groups is 1. The smallest absolute Gasteiger partial charge is 0.265 e. The maximum absolute atomic E-state index is 11.0. The first-order chi connectivity index (χ1) is 6.65. The Labute approximate surface area is 86.6 Å². The maximum atomic E-state index is 11.0. The van der Waals surface area contributed by atoms with Gasteiger partial charge in [0.05, 0.1) is 6.54 Å². The van der Waals surface area contributed by atoms with Crippen LogP contribution in [-0.4, -0.2) is 41.6 Å². The molecule has 5 N–H and O–H groups in total. The van der Waals surface area contributed by atoms with Crippen LogP contribution >= 0.6 is 11.8 Å². The van der Waals surface area contributed by atoms with Crippen LogP contribution in [0.1, 0.15) is 6.42 Å². The van der Waals surface area contributed by atoms with Crippen molar-refractivity contribution in [3.8, 4) is 0 Å². The SMILES string of the molecule is CSCCC(NC(=O)CN)C(=O)NO. The first-order valence-electron chi connectivity index (χ1n) is 4.08. The fourth-order valence-corrected chi connectivity index (χ4v) is 1.31. The molecule has 0 aromatic carbocycles. The molecule has 0 heterocycles. The third-order valence-corrected chi connectivity index (χ3v) is 2.20. The predicted octanol–water partition coefficient (Wildman–Crippen LogP) is -1.31. The molecule has 2 amide bonds. The molecule has 14 heavy (non-hydrogen) atoms. The summed E-state index contributed by atoms with van der Waals surface area (Å²) in [7, 11) is 0. The van der Waals surface area contributed by atoms with Crippen LogP contribution in [-0.2, 0) is 9.59 Å². The van der Waals surface area contributed by atoms with Gasteiger partial charge in [0.1, 0.15) is 6.04 Å². The molecule has 7 heteroatoms. The average Bonchev–Trinajstić information content (AvgIpc) is 2.22. The molecule has 0 aliphatic heterocycles. The second-order valence-corrected chi connectivity index (χ2v) is 3.57. The van der Waals surface area contributed by atoms with Gasteiger partial charge in [-0.15, -0.1) is 0 Å². The number of carbonyl (C=O) groups is 2. The van der Waals surface area contributed by atoms with E-state index in [1.807, 2.05) is 6.26 Å². The number of hydrogen-bond donors (Lipinski definition) is 4. The molecule has 0 spiro atoms. The highest BCUT2D eigenvalue weighted by molar-refractivity contribution is 7.98. The van der Waals surface area contributed by atoms with Crippen LogP contribution in [0.2, 0.25) is 0 Å². The molecule has 6 nitrogen and oxygen atoms in total. The monoisotopic (exact) mass is 221 g/mol. The number of amides is 2. The second kappa shape index (κ2) is 7.60. The summed E-state index contributed by atoms with van der Waals surface area (Å²) in [5, 5.41) is 10.8. The lowest BCUT2D eigenvalue weighted by molar-refractivity contribution is -0.134. The van der Waals surface area contributed by atoms with Crippen LogP contribution < -0.4 is 16.5 Å². The van der Waals surface area contributed by atoms with Gasteiger partial charge in [-0.25, -0.2) is 5.48 Å². The maximum Gasteiger partial charge on any atom is 0.265 e. The molecule has 0 saturated carbocycles. The lowest BCUT2D eigenvalue weighted by Crippen LogP contribution is -2.48. The third-order valence-electron chi connectivity index (χ3n) is 1.56. The van der Waals surface area contributed by atoms with Gasteiger partial charge in [-0.05, 0) is 18.4 Å². The summed E-state index contributed by atoms with van der Waals surface area (Å²) in [6.45, 7) is -0.172. The summed E-state index contributed by atoms with van der Waals surface area (Å²) in [6.07, 6.45) is 2.35. The first-order valence-corrected chi connectivity index (χ1v) is 5.47. The lowest BCUT2D eigenvalue weighted by Gasteiger charge is -2.15. The van der Waals surface area contributed by atoms with Crippen molar-refractivity contribution in [3.63, 3.8) is 0 Å².